The Kier molecular flexibility index (Phi) is 3.11. The first-order valence-corrected chi connectivity index (χ1v) is 7.56. The second-order valence-electron chi connectivity index (χ2n) is 5.78. The minimum atomic E-state index is 0.556. The van der Waals surface area contributed by atoms with Gasteiger partial charge in [0.1, 0.15) is 5.82 Å². The Balaban J connectivity index is 1.57. The standard InChI is InChI=1S/C15H19N5O/c1-11-17-15(21-18-11)13-3-2-6-16-14(13)20-9-7-19(8-10-20)12-4-5-12/h2-3,6,12H,4-5,7-10H2,1H3. The molecule has 110 valence electrons. The third-order valence-corrected chi connectivity index (χ3v) is 4.22. The summed E-state index contributed by atoms with van der Waals surface area (Å²) in [7, 11) is 0. The maximum Gasteiger partial charge on any atom is 0.261 e. The Bertz CT molecular complexity index is 628. The van der Waals surface area contributed by atoms with Crippen molar-refractivity contribution in [2.75, 3.05) is 31.1 Å². The average molecular weight is 285 g/mol. The number of piperazine rings is 1. The zero-order valence-corrected chi connectivity index (χ0v) is 12.2. The fraction of sp³-hybridized carbons (Fsp3) is 0.533. The molecule has 2 fully saturated rings. The smallest absolute Gasteiger partial charge is 0.261 e. The van der Waals surface area contributed by atoms with E-state index >= 15 is 0 Å². The van der Waals surface area contributed by atoms with Gasteiger partial charge in [-0.15, -0.1) is 0 Å². The molecule has 6 nitrogen and oxygen atoms in total. The Labute approximate surface area is 123 Å². The van der Waals surface area contributed by atoms with Gasteiger partial charge in [-0.1, -0.05) is 5.16 Å². The zero-order valence-electron chi connectivity index (χ0n) is 12.2. The van der Waals surface area contributed by atoms with Crippen molar-refractivity contribution in [3.63, 3.8) is 0 Å². The Morgan fingerprint density at radius 3 is 2.67 bits per heavy atom. The molecule has 2 aromatic rings. The first kappa shape index (κ1) is 12.8. The minimum absolute atomic E-state index is 0.556. The van der Waals surface area contributed by atoms with E-state index in [0.717, 1.165) is 43.6 Å². The minimum Gasteiger partial charge on any atom is -0.353 e. The van der Waals surface area contributed by atoms with Crippen molar-refractivity contribution in [2.45, 2.75) is 25.8 Å². The van der Waals surface area contributed by atoms with Crippen molar-refractivity contribution in [3.05, 3.63) is 24.2 Å². The molecule has 0 unspecified atom stereocenters. The van der Waals surface area contributed by atoms with Crippen molar-refractivity contribution in [1.29, 1.82) is 0 Å². The van der Waals surface area contributed by atoms with E-state index in [4.69, 9.17) is 4.52 Å². The number of aromatic nitrogens is 3. The fourth-order valence-electron chi connectivity index (χ4n) is 2.96. The van der Waals surface area contributed by atoms with Crippen LogP contribution in [-0.4, -0.2) is 52.2 Å². The second-order valence-corrected chi connectivity index (χ2v) is 5.78. The molecule has 0 amide bonds. The summed E-state index contributed by atoms with van der Waals surface area (Å²) >= 11 is 0. The van der Waals surface area contributed by atoms with Crippen LogP contribution in [-0.2, 0) is 0 Å². The number of rotatable bonds is 3. The highest BCUT2D eigenvalue weighted by Crippen LogP contribution is 2.31. The number of hydrogen-bond donors (Lipinski definition) is 0. The monoisotopic (exact) mass is 285 g/mol. The summed E-state index contributed by atoms with van der Waals surface area (Å²) in [5, 5.41) is 3.88. The third-order valence-electron chi connectivity index (χ3n) is 4.22. The van der Waals surface area contributed by atoms with E-state index in [1.165, 1.54) is 12.8 Å². The van der Waals surface area contributed by atoms with Gasteiger partial charge >= 0.3 is 0 Å². The molecule has 2 aliphatic rings. The van der Waals surface area contributed by atoms with Crippen LogP contribution in [0.3, 0.4) is 0 Å². The molecule has 0 radical (unpaired) electrons. The maximum absolute atomic E-state index is 5.31. The van der Waals surface area contributed by atoms with E-state index < -0.39 is 0 Å². The second kappa shape index (κ2) is 5.11. The van der Waals surface area contributed by atoms with Crippen molar-refractivity contribution in [3.8, 4) is 11.5 Å². The number of anilines is 1. The first-order valence-electron chi connectivity index (χ1n) is 7.56. The zero-order chi connectivity index (χ0) is 14.2. The Morgan fingerprint density at radius 2 is 2.00 bits per heavy atom. The molecule has 0 N–H and O–H groups in total. The van der Waals surface area contributed by atoms with Gasteiger partial charge in [-0.3, -0.25) is 4.90 Å². The molecule has 1 aliphatic heterocycles. The van der Waals surface area contributed by atoms with Gasteiger partial charge in [0.15, 0.2) is 5.82 Å². The van der Waals surface area contributed by atoms with Crippen LogP contribution < -0.4 is 4.90 Å². The molecule has 0 bridgehead atoms. The van der Waals surface area contributed by atoms with E-state index in [9.17, 15) is 0 Å². The SMILES string of the molecule is Cc1noc(-c2cccnc2N2CCN(C3CC3)CC2)n1. The lowest BCUT2D eigenvalue weighted by molar-refractivity contribution is 0.247. The van der Waals surface area contributed by atoms with Crippen molar-refractivity contribution >= 4 is 5.82 Å². The summed E-state index contributed by atoms with van der Waals surface area (Å²) in [5.74, 6) is 2.16. The highest BCUT2D eigenvalue weighted by Gasteiger charge is 2.32. The molecule has 4 rings (SSSR count). The molecule has 0 atom stereocenters. The molecule has 0 aromatic carbocycles. The van der Waals surface area contributed by atoms with Gasteiger partial charge in [0.25, 0.3) is 5.89 Å². The van der Waals surface area contributed by atoms with Gasteiger partial charge in [0, 0.05) is 38.4 Å². The summed E-state index contributed by atoms with van der Waals surface area (Å²) in [4.78, 5) is 13.8. The van der Waals surface area contributed by atoms with Gasteiger partial charge in [0.2, 0.25) is 0 Å². The summed E-state index contributed by atoms with van der Waals surface area (Å²) < 4.78 is 5.31. The lowest BCUT2D eigenvalue weighted by Crippen LogP contribution is -2.47. The third kappa shape index (κ3) is 2.51. The lowest BCUT2D eigenvalue weighted by Gasteiger charge is -2.36. The number of aryl methyl sites for hydroxylation is 1. The van der Waals surface area contributed by atoms with Gasteiger partial charge in [-0.05, 0) is 31.9 Å². The number of hydrogen-bond acceptors (Lipinski definition) is 6. The first-order chi connectivity index (χ1) is 10.3. The van der Waals surface area contributed by atoms with Crippen LogP contribution in [0.5, 0.6) is 0 Å². The summed E-state index contributed by atoms with van der Waals surface area (Å²) in [6.45, 7) is 6.08. The van der Waals surface area contributed by atoms with E-state index in [1.54, 1.807) is 0 Å². The lowest BCUT2D eigenvalue weighted by atomic mass is 10.2. The Hall–Kier alpha value is -1.95. The number of nitrogens with zero attached hydrogens (tertiary/aromatic N) is 5. The molecule has 3 heterocycles. The van der Waals surface area contributed by atoms with Crippen molar-refractivity contribution < 1.29 is 4.52 Å². The summed E-state index contributed by atoms with van der Waals surface area (Å²) in [6.07, 6.45) is 4.57. The van der Waals surface area contributed by atoms with Gasteiger partial charge < -0.3 is 9.42 Å². The molecule has 1 aliphatic carbocycles. The van der Waals surface area contributed by atoms with Crippen LogP contribution in [0.15, 0.2) is 22.9 Å². The van der Waals surface area contributed by atoms with Crippen molar-refractivity contribution in [1.82, 2.24) is 20.0 Å². The fourth-order valence-corrected chi connectivity index (χ4v) is 2.96. The van der Waals surface area contributed by atoms with Gasteiger partial charge in [-0.2, -0.15) is 4.98 Å². The largest absolute Gasteiger partial charge is 0.353 e. The van der Waals surface area contributed by atoms with E-state index in [1.807, 2.05) is 25.3 Å². The van der Waals surface area contributed by atoms with E-state index in [0.29, 0.717) is 11.7 Å². The van der Waals surface area contributed by atoms with Crippen LogP contribution in [0, 0.1) is 6.92 Å². The molecular formula is C15H19N5O. The predicted molar refractivity (Wildman–Crippen MR) is 79.1 cm³/mol. The van der Waals surface area contributed by atoms with E-state index in [2.05, 4.69) is 24.9 Å². The molecule has 2 aromatic heterocycles. The quantitative estimate of drug-likeness (QED) is 0.856. The topological polar surface area (TPSA) is 58.3 Å². The highest BCUT2D eigenvalue weighted by molar-refractivity contribution is 5.69. The predicted octanol–water partition coefficient (Wildman–Crippen LogP) is 1.72. The average Bonchev–Trinajstić information content (AvgIpc) is 3.29. The maximum atomic E-state index is 5.31. The molecular weight excluding hydrogens is 266 g/mol. The molecule has 6 heteroatoms. The summed E-state index contributed by atoms with van der Waals surface area (Å²) in [6, 6.07) is 4.76. The van der Waals surface area contributed by atoms with Crippen LogP contribution in [0.4, 0.5) is 5.82 Å². The van der Waals surface area contributed by atoms with Crippen LogP contribution in [0.2, 0.25) is 0 Å². The van der Waals surface area contributed by atoms with E-state index in [-0.39, 0.29) is 0 Å². The molecule has 21 heavy (non-hydrogen) atoms. The molecule has 0 spiro atoms. The Morgan fingerprint density at radius 1 is 1.19 bits per heavy atom. The van der Waals surface area contributed by atoms with Crippen molar-refractivity contribution in [2.24, 2.45) is 0 Å². The number of pyridine rings is 1. The molecule has 1 saturated heterocycles. The summed E-state index contributed by atoms with van der Waals surface area (Å²) in [5.41, 5.74) is 0.929. The van der Waals surface area contributed by atoms with Crippen LogP contribution in [0.25, 0.3) is 11.5 Å². The highest BCUT2D eigenvalue weighted by atomic mass is 16.5. The normalized spacial score (nSPS) is 20.0. The van der Waals surface area contributed by atoms with Gasteiger partial charge in [-0.25, -0.2) is 4.98 Å². The van der Waals surface area contributed by atoms with Crippen LogP contribution in [0.1, 0.15) is 18.7 Å². The van der Waals surface area contributed by atoms with Crippen LogP contribution >= 0.6 is 0 Å². The molecule has 1 saturated carbocycles. The van der Waals surface area contributed by atoms with Gasteiger partial charge in [0.05, 0.1) is 5.56 Å².